The van der Waals surface area contributed by atoms with Crippen LogP contribution in [-0.2, 0) is 4.79 Å². The van der Waals surface area contributed by atoms with E-state index in [1.54, 1.807) is 16.7 Å². The first kappa shape index (κ1) is 19.3. The topological polar surface area (TPSA) is 23.6 Å². The van der Waals surface area contributed by atoms with Crippen molar-refractivity contribution in [1.29, 1.82) is 0 Å². The highest BCUT2D eigenvalue weighted by Gasteiger charge is 2.31. The van der Waals surface area contributed by atoms with Crippen molar-refractivity contribution < 1.29 is 4.79 Å². The number of benzene rings is 2. The molecule has 2 heterocycles. The molecular weight excluding hydrogens is 404 g/mol. The van der Waals surface area contributed by atoms with Crippen LogP contribution in [0.2, 0.25) is 0 Å². The van der Waals surface area contributed by atoms with Crippen LogP contribution in [-0.4, -0.2) is 21.7 Å². The number of hydrogen-bond donors (Lipinski definition) is 0. The number of fused-ring (bicyclic) bond motifs is 1. The van der Waals surface area contributed by atoms with E-state index in [0.717, 1.165) is 29.2 Å². The van der Waals surface area contributed by atoms with Gasteiger partial charge in [-0.15, -0.1) is 0 Å². The molecule has 142 valence electrons. The number of para-hydroxylation sites is 2. The lowest BCUT2D eigenvalue weighted by Crippen LogP contribution is -2.28. The Hall–Kier alpha value is -2.02. The number of nitrogens with zero attached hydrogens (tertiary/aromatic N) is 2. The second-order valence-corrected chi connectivity index (χ2v) is 9.19. The molecule has 6 heteroatoms. The third-order valence-electron chi connectivity index (χ3n) is 4.54. The van der Waals surface area contributed by atoms with Crippen LogP contribution in [0.15, 0.2) is 81.6 Å². The van der Waals surface area contributed by atoms with Crippen molar-refractivity contribution >= 4 is 57.3 Å². The Morgan fingerprint density at radius 2 is 1.75 bits per heavy atom. The number of thiocarbonyl (C=S) groups is 1. The Bertz CT molecular complexity index is 969. The predicted molar refractivity (Wildman–Crippen MR) is 124 cm³/mol. The molecule has 2 aliphatic rings. The number of unbranched alkanes of at least 4 members (excludes halogenated alkanes) is 1. The fourth-order valence-corrected chi connectivity index (χ4v) is 5.44. The molecule has 1 amide bonds. The van der Waals surface area contributed by atoms with E-state index in [2.05, 4.69) is 48.2 Å². The zero-order valence-corrected chi connectivity index (χ0v) is 17.9. The molecule has 3 nitrogen and oxygen atoms in total. The van der Waals surface area contributed by atoms with Gasteiger partial charge in [-0.3, -0.25) is 9.69 Å². The average Bonchev–Trinajstić information content (AvgIpc) is 3.22. The third kappa shape index (κ3) is 3.77. The van der Waals surface area contributed by atoms with Gasteiger partial charge in [0.15, 0.2) is 0 Å². The van der Waals surface area contributed by atoms with Crippen LogP contribution in [0.1, 0.15) is 19.8 Å². The van der Waals surface area contributed by atoms with E-state index in [-0.39, 0.29) is 5.91 Å². The Morgan fingerprint density at radius 3 is 2.54 bits per heavy atom. The smallest absolute Gasteiger partial charge is 0.266 e. The second kappa shape index (κ2) is 8.55. The van der Waals surface area contributed by atoms with E-state index < -0.39 is 0 Å². The van der Waals surface area contributed by atoms with Crippen molar-refractivity contribution in [2.24, 2.45) is 0 Å². The first-order chi connectivity index (χ1) is 13.7. The largest absolute Gasteiger partial charge is 0.303 e. The van der Waals surface area contributed by atoms with Gasteiger partial charge in [-0.05, 0) is 42.8 Å². The van der Waals surface area contributed by atoms with E-state index in [0.29, 0.717) is 15.8 Å². The molecular formula is C22H20N2OS3. The summed E-state index contributed by atoms with van der Waals surface area (Å²) in [5.41, 5.74) is 2.27. The zero-order valence-electron chi connectivity index (χ0n) is 15.5. The number of allylic oxidation sites excluding steroid dienone is 2. The van der Waals surface area contributed by atoms with Gasteiger partial charge in [0.2, 0.25) is 0 Å². The van der Waals surface area contributed by atoms with Crippen molar-refractivity contribution in [3.8, 4) is 0 Å². The Morgan fingerprint density at radius 1 is 1.00 bits per heavy atom. The Balaban J connectivity index is 1.65. The quantitative estimate of drug-likeness (QED) is 0.413. The second-order valence-electron chi connectivity index (χ2n) is 6.45. The monoisotopic (exact) mass is 424 g/mol. The maximum Gasteiger partial charge on any atom is 0.266 e. The van der Waals surface area contributed by atoms with Crippen molar-refractivity contribution in [2.45, 2.75) is 24.7 Å². The van der Waals surface area contributed by atoms with E-state index in [4.69, 9.17) is 12.2 Å². The summed E-state index contributed by atoms with van der Waals surface area (Å²) in [6.45, 7) is 2.82. The van der Waals surface area contributed by atoms with E-state index in [1.807, 2.05) is 30.4 Å². The summed E-state index contributed by atoms with van der Waals surface area (Å²) in [4.78, 5) is 18.6. The lowest BCUT2D eigenvalue weighted by Gasteiger charge is -2.20. The summed E-state index contributed by atoms with van der Waals surface area (Å²) >= 11 is 8.51. The minimum Gasteiger partial charge on any atom is -0.303 e. The number of hydrogen-bond acceptors (Lipinski definition) is 5. The number of thioether (sulfide) groups is 2. The number of amides is 1. The zero-order chi connectivity index (χ0) is 19.5. The molecule has 0 spiro atoms. The molecule has 2 aromatic carbocycles. The van der Waals surface area contributed by atoms with Crippen LogP contribution in [0.4, 0.5) is 11.4 Å². The summed E-state index contributed by atoms with van der Waals surface area (Å²) in [7, 11) is 0. The molecule has 2 aromatic rings. The van der Waals surface area contributed by atoms with Gasteiger partial charge in [0.05, 0.1) is 15.6 Å². The molecule has 1 saturated heterocycles. The van der Waals surface area contributed by atoms with Crippen LogP contribution in [0.25, 0.3) is 0 Å². The lowest BCUT2D eigenvalue weighted by atomic mass is 10.2. The molecule has 0 saturated carbocycles. The molecule has 2 aliphatic heterocycles. The summed E-state index contributed by atoms with van der Waals surface area (Å²) < 4.78 is 0.658. The number of rotatable bonds is 5. The van der Waals surface area contributed by atoms with E-state index in [9.17, 15) is 4.79 Å². The van der Waals surface area contributed by atoms with Crippen molar-refractivity contribution in [3.05, 3.63) is 76.7 Å². The molecule has 0 aromatic heterocycles. The molecule has 0 radical (unpaired) electrons. The van der Waals surface area contributed by atoms with Crippen molar-refractivity contribution in [2.75, 3.05) is 11.4 Å². The van der Waals surface area contributed by atoms with Gasteiger partial charge in [0.25, 0.3) is 5.91 Å². The van der Waals surface area contributed by atoms with Gasteiger partial charge in [0.1, 0.15) is 4.32 Å². The number of anilines is 2. The fraction of sp³-hybridized carbons (Fsp3) is 0.182. The van der Waals surface area contributed by atoms with Crippen LogP contribution in [0.5, 0.6) is 0 Å². The van der Waals surface area contributed by atoms with Gasteiger partial charge >= 0.3 is 0 Å². The summed E-state index contributed by atoms with van der Waals surface area (Å²) in [6, 6.07) is 18.6. The molecule has 28 heavy (non-hydrogen) atoms. The maximum atomic E-state index is 12.7. The van der Waals surface area contributed by atoms with Crippen LogP contribution < -0.4 is 4.90 Å². The third-order valence-corrected chi connectivity index (χ3v) is 7.03. The predicted octanol–water partition coefficient (Wildman–Crippen LogP) is 6.32. The average molecular weight is 425 g/mol. The molecule has 0 N–H and O–H groups in total. The molecule has 4 rings (SSSR count). The first-order valence-electron chi connectivity index (χ1n) is 9.26. The lowest BCUT2D eigenvalue weighted by molar-refractivity contribution is -0.122. The van der Waals surface area contributed by atoms with Gasteiger partial charge in [-0.1, -0.05) is 79.4 Å². The molecule has 1 fully saturated rings. The van der Waals surface area contributed by atoms with E-state index in [1.165, 1.54) is 16.7 Å². The van der Waals surface area contributed by atoms with Crippen molar-refractivity contribution in [1.82, 2.24) is 4.90 Å². The minimum absolute atomic E-state index is 0.0204. The highest BCUT2D eigenvalue weighted by atomic mass is 32.2. The first-order valence-corrected chi connectivity index (χ1v) is 11.3. The number of carbonyl (C=O) groups excluding carboxylic acids is 1. The number of carbonyl (C=O) groups is 1. The highest BCUT2D eigenvalue weighted by Crippen LogP contribution is 2.49. The summed E-state index contributed by atoms with van der Waals surface area (Å²) in [6.07, 6.45) is 5.95. The van der Waals surface area contributed by atoms with Gasteiger partial charge in [-0.25, -0.2) is 0 Å². The van der Waals surface area contributed by atoms with Crippen LogP contribution in [0, 0.1) is 0 Å². The fourth-order valence-electron chi connectivity index (χ4n) is 3.13. The van der Waals surface area contributed by atoms with Crippen LogP contribution >= 0.6 is 35.7 Å². The minimum atomic E-state index is 0.0204. The van der Waals surface area contributed by atoms with Gasteiger partial charge in [0, 0.05) is 17.1 Å². The van der Waals surface area contributed by atoms with Crippen molar-refractivity contribution in [3.63, 3.8) is 0 Å². The van der Waals surface area contributed by atoms with Gasteiger partial charge in [-0.2, -0.15) is 0 Å². The summed E-state index contributed by atoms with van der Waals surface area (Å²) in [5, 5.41) is 1.08. The highest BCUT2D eigenvalue weighted by molar-refractivity contribution is 8.26. The standard InChI is InChI=1S/C22H20N2OS3/c1-2-3-15-23-21(25)19(28-22(23)26)13-14-20-24(16-9-5-4-6-10-16)17-11-7-8-12-18(17)27-20/h4-14H,2-3,15H2,1H3/b19-13-,20-14+. The normalized spacial score (nSPS) is 19.2. The molecule has 0 unspecified atom stereocenters. The van der Waals surface area contributed by atoms with Gasteiger partial charge < -0.3 is 4.90 Å². The maximum absolute atomic E-state index is 12.7. The Labute approximate surface area is 179 Å². The van der Waals surface area contributed by atoms with E-state index >= 15 is 0 Å². The SMILES string of the molecule is CCCCN1C(=O)/C(=C/C=C2/Sc3ccccc3N2c2ccccc2)SC1=S. The summed E-state index contributed by atoms with van der Waals surface area (Å²) in [5.74, 6) is 0.0204. The molecule has 0 bridgehead atoms. The van der Waals surface area contributed by atoms with Crippen LogP contribution in [0.3, 0.4) is 0 Å². The Kier molecular flexibility index (Phi) is 5.90. The molecule has 0 aliphatic carbocycles. The molecule has 0 atom stereocenters.